The van der Waals surface area contributed by atoms with Gasteiger partial charge in [0.25, 0.3) is 5.91 Å². The van der Waals surface area contributed by atoms with Crippen LogP contribution in [0.4, 0.5) is 0 Å². The van der Waals surface area contributed by atoms with E-state index in [1.54, 1.807) is 6.92 Å². The van der Waals surface area contributed by atoms with E-state index in [4.69, 9.17) is 5.73 Å². The molecule has 7 nitrogen and oxygen atoms in total. The molecule has 0 aromatic carbocycles. The maximum absolute atomic E-state index is 11.8. The van der Waals surface area contributed by atoms with Crippen LogP contribution >= 0.6 is 0 Å². The van der Waals surface area contributed by atoms with E-state index in [1.807, 2.05) is 0 Å². The van der Waals surface area contributed by atoms with Crippen molar-refractivity contribution in [2.75, 3.05) is 0 Å². The fraction of sp³-hybridized carbons (Fsp3) is 0.636. The van der Waals surface area contributed by atoms with Crippen molar-refractivity contribution in [1.82, 2.24) is 20.3 Å². The minimum Gasteiger partial charge on any atom is -0.364 e. The number of amides is 2. The summed E-state index contributed by atoms with van der Waals surface area (Å²) in [6.45, 7) is 1.74. The molecule has 1 fully saturated rings. The van der Waals surface area contributed by atoms with E-state index in [-0.39, 0.29) is 24.2 Å². The van der Waals surface area contributed by atoms with Gasteiger partial charge in [-0.1, -0.05) is 18.1 Å². The number of aromatic nitrogens is 3. The van der Waals surface area contributed by atoms with Crippen LogP contribution in [0, 0.1) is 6.92 Å². The maximum atomic E-state index is 11.8. The standard InChI is InChI=1S/C11H17N5O2/c1-7-10(11(12)18)14-15-16(7)6-9(17)13-8-4-2-3-5-8/h8H,2-6H2,1H3,(H2,12,18)(H,13,17). The number of rotatable bonds is 4. The minimum atomic E-state index is -0.630. The highest BCUT2D eigenvalue weighted by Gasteiger charge is 2.19. The molecule has 0 unspecified atom stereocenters. The van der Waals surface area contributed by atoms with Gasteiger partial charge in [0.15, 0.2) is 5.69 Å². The first-order valence-corrected chi connectivity index (χ1v) is 6.07. The van der Waals surface area contributed by atoms with Crippen LogP contribution in [0.3, 0.4) is 0 Å². The molecule has 98 valence electrons. The Labute approximate surface area is 105 Å². The summed E-state index contributed by atoms with van der Waals surface area (Å²) >= 11 is 0. The lowest BCUT2D eigenvalue weighted by Gasteiger charge is -2.11. The predicted octanol–water partition coefficient (Wildman–Crippen LogP) is -0.256. The molecule has 0 spiro atoms. The van der Waals surface area contributed by atoms with Gasteiger partial charge < -0.3 is 11.1 Å². The van der Waals surface area contributed by atoms with E-state index in [0.717, 1.165) is 12.8 Å². The lowest BCUT2D eigenvalue weighted by molar-refractivity contribution is -0.122. The average molecular weight is 251 g/mol. The Morgan fingerprint density at radius 3 is 2.67 bits per heavy atom. The molecule has 2 rings (SSSR count). The molecule has 0 radical (unpaired) electrons. The molecule has 1 aromatic heterocycles. The van der Waals surface area contributed by atoms with Crippen molar-refractivity contribution in [2.45, 2.75) is 45.2 Å². The zero-order chi connectivity index (χ0) is 13.1. The molecular weight excluding hydrogens is 234 g/mol. The lowest BCUT2D eigenvalue weighted by Crippen LogP contribution is -2.35. The van der Waals surface area contributed by atoms with Crippen molar-refractivity contribution >= 4 is 11.8 Å². The Kier molecular flexibility index (Phi) is 3.59. The van der Waals surface area contributed by atoms with Gasteiger partial charge in [-0.15, -0.1) is 5.10 Å². The highest BCUT2D eigenvalue weighted by Crippen LogP contribution is 2.17. The zero-order valence-corrected chi connectivity index (χ0v) is 10.3. The summed E-state index contributed by atoms with van der Waals surface area (Å²) < 4.78 is 1.39. The number of hydrogen-bond donors (Lipinski definition) is 2. The number of primary amides is 1. The largest absolute Gasteiger partial charge is 0.364 e. The summed E-state index contributed by atoms with van der Waals surface area (Å²) in [7, 11) is 0. The van der Waals surface area contributed by atoms with Gasteiger partial charge in [0.1, 0.15) is 6.54 Å². The Morgan fingerprint density at radius 2 is 2.11 bits per heavy atom. The van der Waals surface area contributed by atoms with Gasteiger partial charge in [-0.2, -0.15) is 0 Å². The average Bonchev–Trinajstić information content (AvgIpc) is 2.90. The zero-order valence-electron chi connectivity index (χ0n) is 10.3. The third kappa shape index (κ3) is 2.66. The van der Waals surface area contributed by atoms with Gasteiger partial charge in [0.2, 0.25) is 5.91 Å². The second-order valence-corrected chi connectivity index (χ2v) is 4.59. The van der Waals surface area contributed by atoms with Crippen molar-refractivity contribution in [3.05, 3.63) is 11.4 Å². The smallest absolute Gasteiger partial charge is 0.271 e. The first kappa shape index (κ1) is 12.5. The molecule has 0 aliphatic heterocycles. The quantitative estimate of drug-likeness (QED) is 0.769. The number of nitrogens with one attached hydrogen (secondary N) is 1. The topological polar surface area (TPSA) is 103 Å². The van der Waals surface area contributed by atoms with Gasteiger partial charge in [0, 0.05) is 6.04 Å². The molecule has 1 aromatic rings. The molecule has 0 atom stereocenters. The molecular formula is C11H17N5O2. The number of nitrogens with zero attached hydrogens (tertiary/aromatic N) is 3. The minimum absolute atomic E-state index is 0.0720. The third-order valence-electron chi connectivity index (χ3n) is 3.23. The Morgan fingerprint density at radius 1 is 1.44 bits per heavy atom. The summed E-state index contributed by atoms with van der Waals surface area (Å²) in [5.41, 5.74) is 5.77. The maximum Gasteiger partial charge on any atom is 0.271 e. The van der Waals surface area contributed by atoms with Crippen LogP contribution in [0.1, 0.15) is 41.9 Å². The van der Waals surface area contributed by atoms with E-state index < -0.39 is 5.91 Å². The highest BCUT2D eigenvalue weighted by atomic mass is 16.2. The summed E-state index contributed by atoms with van der Waals surface area (Å²) in [5, 5.41) is 10.4. The molecule has 18 heavy (non-hydrogen) atoms. The Hall–Kier alpha value is -1.92. The molecule has 3 N–H and O–H groups in total. The van der Waals surface area contributed by atoms with E-state index in [0.29, 0.717) is 5.69 Å². The molecule has 1 saturated carbocycles. The molecule has 1 aliphatic carbocycles. The number of carbonyl (C=O) groups is 2. The van der Waals surface area contributed by atoms with Gasteiger partial charge in [-0.25, -0.2) is 4.68 Å². The van der Waals surface area contributed by atoms with Crippen molar-refractivity contribution in [3.8, 4) is 0 Å². The molecule has 7 heteroatoms. The Bertz CT molecular complexity index is 462. The second-order valence-electron chi connectivity index (χ2n) is 4.59. The molecule has 1 heterocycles. The first-order chi connectivity index (χ1) is 8.58. The van der Waals surface area contributed by atoms with E-state index in [9.17, 15) is 9.59 Å². The number of carbonyl (C=O) groups excluding carboxylic acids is 2. The fourth-order valence-electron chi connectivity index (χ4n) is 2.22. The van der Waals surface area contributed by atoms with Crippen LogP contribution in [0.25, 0.3) is 0 Å². The van der Waals surface area contributed by atoms with Crippen molar-refractivity contribution < 1.29 is 9.59 Å². The molecule has 0 bridgehead atoms. The van der Waals surface area contributed by atoms with Gasteiger partial charge in [-0.05, 0) is 19.8 Å². The SMILES string of the molecule is Cc1c(C(N)=O)nnn1CC(=O)NC1CCCC1. The van der Waals surface area contributed by atoms with Gasteiger partial charge in [0.05, 0.1) is 5.69 Å². The number of hydrogen-bond acceptors (Lipinski definition) is 4. The van der Waals surface area contributed by atoms with Gasteiger partial charge in [-0.3, -0.25) is 9.59 Å². The van der Waals surface area contributed by atoms with Crippen molar-refractivity contribution in [2.24, 2.45) is 5.73 Å². The summed E-state index contributed by atoms with van der Waals surface area (Å²) in [6.07, 6.45) is 4.40. The van der Waals surface area contributed by atoms with Crippen molar-refractivity contribution in [1.29, 1.82) is 0 Å². The normalized spacial score (nSPS) is 15.8. The van der Waals surface area contributed by atoms with E-state index in [1.165, 1.54) is 17.5 Å². The van der Waals surface area contributed by atoms with Crippen LogP contribution in [0.5, 0.6) is 0 Å². The highest BCUT2D eigenvalue weighted by molar-refractivity contribution is 5.91. The molecule has 0 saturated heterocycles. The van der Waals surface area contributed by atoms with Crippen LogP contribution in [-0.2, 0) is 11.3 Å². The van der Waals surface area contributed by atoms with Crippen LogP contribution in [0.15, 0.2) is 0 Å². The monoisotopic (exact) mass is 251 g/mol. The molecule has 1 aliphatic rings. The summed E-state index contributed by atoms with van der Waals surface area (Å²) in [4.78, 5) is 22.8. The summed E-state index contributed by atoms with van der Waals surface area (Å²) in [6, 6.07) is 0.275. The second kappa shape index (κ2) is 5.16. The van der Waals surface area contributed by atoms with Crippen LogP contribution in [-0.4, -0.2) is 32.9 Å². The Balaban J connectivity index is 1.96. The summed E-state index contributed by atoms with van der Waals surface area (Å²) in [5.74, 6) is -0.735. The predicted molar refractivity (Wildman–Crippen MR) is 63.7 cm³/mol. The van der Waals surface area contributed by atoms with E-state index in [2.05, 4.69) is 15.6 Å². The van der Waals surface area contributed by atoms with Crippen molar-refractivity contribution in [3.63, 3.8) is 0 Å². The molecule has 2 amide bonds. The lowest BCUT2D eigenvalue weighted by atomic mass is 10.2. The van der Waals surface area contributed by atoms with Gasteiger partial charge >= 0.3 is 0 Å². The van der Waals surface area contributed by atoms with Crippen LogP contribution < -0.4 is 11.1 Å². The first-order valence-electron chi connectivity index (χ1n) is 6.07. The fourth-order valence-corrected chi connectivity index (χ4v) is 2.22. The number of nitrogens with two attached hydrogens (primary N) is 1. The third-order valence-corrected chi connectivity index (χ3v) is 3.23. The van der Waals surface area contributed by atoms with E-state index >= 15 is 0 Å². The van der Waals surface area contributed by atoms with Crippen LogP contribution in [0.2, 0.25) is 0 Å².